The fourth-order valence-corrected chi connectivity index (χ4v) is 1.90. The fourth-order valence-electron chi connectivity index (χ4n) is 1.56. The lowest BCUT2D eigenvalue weighted by atomic mass is 10.2. The van der Waals surface area contributed by atoms with E-state index in [-0.39, 0.29) is 12.4 Å². The van der Waals surface area contributed by atoms with Crippen molar-refractivity contribution in [2.75, 3.05) is 18.5 Å². The number of rotatable bonds is 5. The number of alkyl halides is 1. The summed E-state index contributed by atoms with van der Waals surface area (Å²) in [7, 11) is 0. The summed E-state index contributed by atoms with van der Waals surface area (Å²) in [6.07, 6.45) is -0.0587. The number of hydrogen-bond donors (Lipinski definition) is 0. The third-order valence-electron chi connectivity index (χ3n) is 2.35. The van der Waals surface area contributed by atoms with E-state index in [0.29, 0.717) is 25.2 Å². The van der Waals surface area contributed by atoms with Gasteiger partial charge in [-0.15, -0.1) is 0 Å². The average molecular weight is 287 g/mol. The van der Waals surface area contributed by atoms with Crippen molar-refractivity contribution in [1.29, 1.82) is 0 Å². The number of benzene rings is 1. The summed E-state index contributed by atoms with van der Waals surface area (Å²) in [6.45, 7) is 1.82. The molecule has 0 N–H and O–H groups in total. The molecule has 0 aromatic heterocycles. The quantitative estimate of drug-likeness (QED) is 0.778. The predicted molar refractivity (Wildman–Crippen MR) is 64.5 cm³/mol. The molecule has 16 heavy (non-hydrogen) atoms. The monoisotopic (exact) mass is 286 g/mol. The standard InChI is InChI=1S/C12H15BrO3/c13-6-12-15-9-11(16-12)8-14-7-10-4-2-1-3-5-10/h1-5,11-12H,6-9H2/t11-,12-/m0/s1. The van der Waals surface area contributed by atoms with Crippen molar-refractivity contribution in [3.63, 3.8) is 0 Å². The van der Waals surface area contributed by atoms with Crippen LogP contribution in [0, 0.1) is 0 Å². The maximum absolute atomic E-state index is 5.58. The zero-order chi connectivity index (χ0) is 11.2. The molecule has 2 atom stereocenters. The van der Waals surface area contributed by atoms with Crippen LogP contribution in [0.4, 0.5) is 0 Å². The summed E-state index contributed by atoms with van der Waals surface area (Å²) in [6, 6.07) is 10.1. The molecule has 2 rings (SSSR count). The van der Waals surface area contributed by atoms with Crippen molar-refractivity contribution >= 4 is 15.9 Å². The third-order valence-corrected chi connectivity index (χ3v) is 2.88. The fraction of sp³-hybridized carbons (Fsp3) is 0.500. The van der Waals surface area contributed by atoms with Crippen LogP contribution in [0.3, 0.4) is 0 Å². The van der Waals surface area contributed by atoms with E-state index in [1.54, 1.807) is 0 Å². The highest BCUT2D eigenvalue weighted by atomic mass is 79.9. The van der Waals surface area contributed by atoms with E-state index in [9.17, 15) is 0 Å². The first-order valence-electron chi connectivity index (χ1n) is 5.33. The van der Waals surface area contributed by atoms with Crippen molar-refractivity contribution in [3.8, 4) is 0 Å². The van der Waals surface area contributed by atoms with Crippen LogP contribution in [0.1, 0.15) is 5.56 Å². The average Bonchev–Trinajstić information content (AvgIpc) is 2.78. The molecule has 1 aliphatic rings. The van der Waals surface area contributed by atoms with Gasteiger partial charge in [-0.05, 0) is 5.56 Å². The molecule has 1 fully saturated rings. The maximum atomic E-state index is 5.58. The first-order valence-corrected chi connectivity index (χ1v) is 6.45. The predicted octanol–water partition coefficient (Wildman–Crippen LogP) is 2.34. The summed E-state index contributed by atoms with van der Waals surface area (Å²) in [5.74, 6) is 0. The second-order valence-corrected chi connectivity index (χ2v) is 4.32. The van der Waals surface area contributed by atoms with Crippen LogP contribution >= 0.6 is 15.9 Å². The summed E-state index contributed by atoms with van der Waals surface area (Å²) in [4.78, 5) is 0. The Bertz CT molecular complexity index is 304. The van der Waals surface area contributed by atoms with E-state index in [0.717, 1.165) is 0 Å². The van der Waals surface area contributed by atoms with Crippen molar-refractivity contribution in [2.45, 2.75) is 19.0 Å². The topological polar surface area (TPSA) is 27.7 Å². The molecule has 0 radical (unpaired) electrons. The summed E-state index contributed by atoms with van der Waals surface area (Å²) < 4.78 is 16.5. The van der Waals surface area contributed by atoms with E-state index in [4.69, 9.17) is 14.2 Å². The zero-order valence-electron chi connectivity index (χ0n) is 8.97. The molecule has 3 nitrogen and oxygen atoms in total. The number of ether oxygens (including phenoxy) is 3. The first-order chi connectivity index (χ1) is 7.88. The van der Waals surface area contributed by atoms with Crippen LogP contribution < -0.4 is 0 Å². The number of halogens is 1. The first kappa shape index (κ1) is 12.0. The molecule has 0 aliphatic carbocycles. The Morgan fingerprint density at radius 3 is 2.81 bits per heavy atom. The molecule has 0 spiro atoms. The lowest BCUT2D eigenvalue weighted by Gasteiger charge is -2.10. The van der Waals surface area contributed by atoms with Crippen LogP contribution in [0.15, 0.2) is 30.3 Å². The maximum Gasteiger partial charge on any atom is 0.167 e. The van der Waals surface area contributed by atoms with Gasteiger partial charge in [-0.3, -0.25) is 0 Å². The molecular formula is C12H15BrO3. The van der Waals surface area contributed by atoms with Crippen LogP contribution in [0.5, 0.6) is 0 Å². The Hall–Kier alpha value is -0.420. The molecule has 1 heterocycles. The highest BCUT2D eigenvalue weighted by molar-refractivity contribution is 9.09. The largest absolute Gasteiger partial charge is 0.374 e. The lowest BCUT2D eigenvalue weighted by molar-refractivity contribution is -0.0560. The van der Waals surface area contributed by atoms with E-state index in [1.807, 2.05) is 30.3 Å². The van der Waals surface area contributed by atoms with Gasteiger partial charge in [-0.25, -0.2) is 0 Å². The van der Waals surface area contributed by atoms with Gasteiger partial charge < -0.3 is 14.2 Å². The summed E-state index contributed by atoms with van der Waals surface area (Å²) in [5, 5.41) is 0.711. The molecule has 1 aromatic carbocycles. The molecule has 0 unspecified atom stereocenters. The Labute approximate surface area is 104 Å². The smallest absolute Gasteiger partial charge is 0.167 e. The summed E-state index contributed by atoms with van der Waals surface area (Å²) >= 11 is 3.32. The Morgan fingerprint density at radius 1 is 1.31 bits per heavy atom. The van der Waals surface area contributed by atoms with Gasteiger partial charge in [0.15, 0.2) is 6.29 Å². The van der Waals surface area contributed by atoms with Gasteiger partial charge in [0, 0.05) is 0 Å². The van der Waals surface area contributed by atoms with Gasteiger partial charge in [0.2, 0.25) is 0 Å². The van der Waals surface area contributed by atoms with Crippen molar-refractivity contribution in [2.24, 2.45) is 0 Å². The molecule has 4 heteroatoms. The Balaban J connectivity index is 1.65. The second kappa shape index (κ2) is 6.35. The Kier molecular flexibility index (Phi) is 4.78. The Morgan fingerprint density at radius 2 is 2.12 bits per heavy atom. The molecule has 0 amide bonds. The molecule has 1 saturated heterocycles. The van der Waals surface area contributed by atoms with Gasteiger partial charge >= 0.3 is 0 Å². The van der Waals surface area contributed by atoms with Crippen LogP contribution in [-0.2, 0) is 20.8 Å². The molecule has 1 aliphatic heterocycles. The minimum absolute atomic E-state index is 0.0614. The summed E-state index contributed by atoms with van der Waals surface area (Å²) in [5.41, 5.74) is 1.18. The van der Waals surface area contributed by atoms with Gasteiger partial charge in [0.1, 0.15) is 6.10 Å². The molecule has 1 aromatic rings. The van der Waals surface area contributed by atoms with Crippen molar-refractivity contribution in [1.82, 2.24) is 0 Å². The highest BCUT2D eigenvalue weighted by Crippen LogP contribution is 2.14. The normalized spacial score (nSPS) is 24.8. The van der Waals surface area contributed by atoms with E-state index < -0.39 is 0 Å². The van der Waals surface area contributed by atoms with Gasteiger partial charge in [-0.2, -0.15) is 0 Å². The number of hydrogen-bond acceptors (Lipinski definition) is 3. The molecule has 0 bridgehead atoms. The van der Waals surface area contributed by atoms with Crippen LogP contribution in [0.2, 0.25) is 0 Å². The molecule has 0 saturated carbocycles. The lowest BCUT2D eigenvalue weighted by Crippen LogP contribution is -2.19. The van der Waals surface area contributed by atoms with Gasteiger partial charge in [0.05, 0.1) is 25.2 Å². The molecule has 88 valence electrons. The van der Waals surface area contributed by atoms with Crippen molar-refractivity contribution in [3.05, 3.63) is 35.9 Å². The second-order valence-electron chi connectivity index (χ2n) is 3.68. The highest BCUT2D eigenvalue weighted by Gasteiger charge is 2.24. The van der Waals surface area contributed by atoms with E-state index in [1.165, 1.54) is 5.56 Å². The van der Waals surface area contributed by atoms with E-state index in [2.05, 4.69) is 15.9 Å². The van der Waals surface area contributed by atoms with Crippen molar-refractivity contribution < 1.29 is 14.2 Å². The van der Waals surface area contributed by atoms with E-state index >= 15 is 0 Å². The van der Waals surface area contributed by atoms with Gasteiger partial charge in [0.25, 0.3) is 0 Å². The SMILES string of the molecule is BrC[C@H]1OC[C@H](COCc2ccccc2)O1. The minimum atomic E-state index is -0.120. The van der Waals surface area contributed by atoms with Gasteiger partial charge in [-0.1, -0.05) is 46.3 Å². The minimum Gasteiger partial charge on any atom is -0.374 e. The van der Waals surface area contributed by atoms with Crippen LogP contribution in [-0.4, -0.2) is 30.9 Å². The zero-order valence-corrected chi connectivity index (χ0v) is 10.6. The third kappa shape index (κ3) is 3.56. The van der Waals surface area contributed by atoms with Crippen LogP contribution in [0.25, 0.3) is 0 Å². The molecular weight excluding hydrogens is 272 g/mol.